The minimum atomic E-state index is -0.736. The van der Waals surface area contributed by atoms with Crippen molar-refractivity contribution in [3.05, 3.63) is 130 Å². The maximum absolute atomic E-state index is 12.5. The van der Waals surface area contributed by atoms with Crippen LogP contribution in [0.5, 0.6) is 11.5 Å². The van der Waals surface area contributed by atoms with Crippen molar-refractivity contribution in [1.29, 1.82) is 0 Å². The molecule has 0 spiro atoms. The fourth-order valence-corrected chi connectivity index (χ4v) is 5.67. The number of rotatable bonds is 14. The third kappa shape index (κ3) is 8.58. The highest BCUT2D eigenvalue weighted by Gasteiger charge is 2.15. The van der Waals surface area contributed by atoms with Gasteiger partial charge in [0.25, 0.3) is 0 Å². The number of carbonyl (C=O) groups is 1. The Bertz CT molecular complexity index is 1250. The van der Waals surface area contributed by atoms with E-state index in [2.05, 4.69) is 76.2 Å². The van der Waals surface area contributed by atoms with Crippen molar-refractivity contribution in [2.45, 2.75) is 90.9 Å². The number of carbonyl (C=O) groups excluding carboxylic acids is 1. The van der Waals surface area contributed by atoms with Gasteiger partial charge >= 0.3 is 6.16 Å². The molecule has 0 aliphatic heterocycles. The van der Waals surface area contributed by atoms with Crippen LogP contribution in [-0.2, 0) is 12.8 Å². The molecule has 0 N–H and O–H groups in total. The van der Waals surface area contributed by atoms with Gasteiger partial charge < -0.3 is 9.47 Å². The van der Waals surface area contributed by atoms with Crippen molar-refractivity contribution in [2.75, 3.05) is 0 Å². The van der Waals surface area contributed by atoms with E-state index in [1.165, 1.54) is 59.1 Å². The van der Waals surface area contributed by atoms with Crippen LogP contribution in [0.3, 0.4) is 0 Å². The van der Waals surface area contributed by atoms with Gasteiger partial charge in [0.15, 0.2) is 0 Å². The van der Waals surface area contributed by atoms with Gasteiger partial charge in [0.05, 0.1) is 0 Å². The van der Waals surface area contributed by atoms with Crippen molar-refractivity contribution in [1.82, 2.24) is 0 Å². The molecule has 2 unspecified atom stereocenters. The minimum absolute atomic E-state index is 0.302. The van der Waals surface area contributed by atoms with Gasteiger partial charge in [-0.3, -0.25) is 0 Å². The Balaban J connectivity index is 1.33. The summed E-state index contributed by atoms with van der Waals surface area (Å²) in [5.74, 6) is 1.54. The van der Waals surface area contributed by atoms with Crippen molar-refractivity contribution in [3.8, 4) is 11.5 Å². The number of unbranched alkanes of at least 4 members (excludes halogenated alkanes) is 2. The average molecular weight is 563 g/mol. The highest BCUT2D eigenvalue weighted by Crippen LogP contribution is 2.31. The molecular formula is C39H46O3. The molecule has 0 radical (unpaired) electrons. The lowest BCUT2D eigenvalue weighted by atomic mass is 9.88. The van der Waals surface area contributed by atoms with Crippen LogP contribution in [-0.4, -0.2) is 6.16 Å². The summed E-state index contributed by atoms with van der Waals surface area (Å²) >= 11 is 0. The average Bonchev–Trinajstić information content (AvgIpc) is 3.02. The molecule has 0 saturated carbocycles. The molecule has 4 aromatic rings. The summed E-state index contributed by atoms with van der Waals surface area (Å²) in [6.45, 7) is 8.86. The normalized spacial score (nSPS) is 12.5. The van der Waals surface area contributed by atoms with E-state index in [1.54, 1.807) is 0 Å². The molecule has 0 saturated heterocycles. The molecule has 0 aromatic heterocycles. The molecule has 42 heavy (non-hydrogen) atoms. The van der Waals surface area contributed by atoms with E-state index < -0.39 is 6.16 Å². The first-order chi connectivity index (χ1) is 20.5. The maximum Gasteiger partial charge on any atom is 0.519 e. The van der Waals surface area contributed by atoms with Gasteiger partial charge in [-0.25, -0.2) is 4.79 Å². The first-order valence-electron chi connectivity index (χ1n) is 15.8. The van der Waals surface area contributed by atoms with Crippen molar-refractivity contribution >= 4 is 6.16 Å². The fourth-order valence-electron chi connectivity index (χ4n) is 5.67. The molecule has 0 aliphatic rings. The zero-order chi connectivity index (χ0) is 29.7. The lowest BCUT2D eigenvalue weighted by molar-refractivity contribution is 0.152. The molecule has 4 aromatic carbocycles. The minimum Gasteiger partial charge on any atom is -0.395 e. The molecule has 3 heteroatoms. The van der Waals surface area contributed by atoms with Crippen LogP contribution in [0, 0.1) is 0 Å². The standard InChI is InChI=1S/C39H46O3/c1-5-9-11-29-13-17-31(18-14-29)37(7-3)33-21-25-35(26-22-33)41-39(40)42-36-27-23-34(24-28-36)38(8-4)32-19-15-30(16-20-32)12-10-6-2/h13-28,37-38H,5-12H2,1-4H3. The van der Waals surface area contributed by atoms with Gasteiger partial charge in [-0.2, -0.15) is 0 Å². The molecule has 0 aliphatic carbocycles. The number of benzene rings is 4. The van der Waals surface area contributed by atoms with Gasteiger partial charge in [0, 0.05) is 11.8 Å². The number of hydrogen-bond donors (Lipinski definition) is 0. The Hall–Kier alpha value is -3.85. The zero-order valence-electron chi connectivity index (χ0n) is 25.8. The maximum atomic E-state index is 12.5. The van der Waals surface area contributed by atoms with Crippen LogP contribution in [0.15, 0.2) is 97.1 Å². The van der Waals surface area contributed by atoms with Crippen molar-refractivity contribution in [3.63, 3.8) is 0 Å². The van der Waals surface area contributed by atoms with Gasteiger partial charge in [0.1, 0.15) is 11.5 Å². The molecule has 0 fully saturated rings. The molecule has 0 amide bonds. The monoisotopic (exact) mass is 562 g/mol. The van der Waals surface area contributed by atoms with E-state index >= 15 is 0 Å². The van der Waals surface area contributed by atoms with Gasteiger partial charge in [-0.05, 0) is 96.2 Å². The fraction of sp³-hybridized carbons (Fsp3) is 0.359. The van der Waals surface area contributed by atoms with E-state index in [9.17, 15) is 4.79 Å². The Kier molecular flexibility index (Phi) is 11.8. The van der Waals surface area contributed by atoms with Gasteiger partial charge in [-0.15, -0.1) is 0 Å². The zero-order valence-corrected chi connectivity index (χ0v) is 25.8. The summed E-state index contributed by atoms with van der Waals surface area (Å²) in [5, 5.41) is 0. The molecule has 3 nitrogen and oxygen atoms in total. The Morgan fingerprint density at radius 1 is 0.500 bits per heavy atom. The highest BCUT2D eigenvalue weighted by molar-refractivity contribution is 5.67. The number of aryl methyl sites for hydroxylation is 2. The van der Waals surface area contributed by atoms with Crippen molar-refractivity contribution in [2.24, 2.45) is 0 Å². The predicted molar refractivity (Wildman–Crippen MR) is 174 cm³/mol. The lowest BCUT2D eigenvalue weighted by Crippen LogP contribution is -2.14. The number of ether oxygens (including phenoxy) is 2. The van der Waals surface area contributed by atoms with E-state index in [0.717, 1.165) is 25.7 Å². The quantitative estimate of drug-likeness (QED) is 0.113. The topological polar surface area (TPSA) is 35.5 Å². The van der Waals surface area contributed by atoms with Gasteiger partial charge in [0.2, 0.25) is 0 Å². The summed E-state index contributed by atoms with van der Waals surface area (Å²) in [6, 6.07) is 33.5. The summed E-state index contributed by atoms with van der Waals surface area (Å²) in [6.07, 6.45) is 8.38. The van der Waals surface area contributed by atoms with Crippen LogP contribution in [0.4, 0.5) is 4.79 Å². The van der Waals surface area contributed by atoms with Gasteiger partial charge in [-0.1, -0.05) is 113 Å². The summed E-state index contributed by atoms with van der Waals surface area (Å²) < 4.78 is 11.0. The summed E-state index contributed by atoms with van der Waals surface area (Å²) in [5.41, 5.74) is 7.81. The Morgan fingerprint density at radius 3 is 1.10 bits per heavy atom. The Labute approximate surface area is 252 Å². The number of hydrogen-bond acceptors (Lipinski definition) is 3. The highest BCUT2D eigenvalue weighted by atomic mass is 16.7. The molecular weight excluding hydrogens is 516 g/mol. The lowest BCUT2D eigenvalue weighted by Gasteiger charge is -2.17. The van der Waals surface area contributed by atoms with Crippen LogP contribution in [0.2, 0.25) is 0 Å². The van der Waals surface area contributed by atoms with Crippen LogP contribution in [0.25, 0.3) is 0 Å². The SMILES string of the molecule is CCCCc1ccc(C(CC)c2ccc(OC(=O)Oc3ccc(C(CC)c4ccc(CCCC)cc4)cc3)cc2)cc1. The molecule has 0 bridgehead atoms. The largest absolute Gasteiger partial charge is 0.519 e. The Morgan fingerprint density at radius 2 is 0.810 bits per heavy atom. The second-order valence-electron chi connectivity index (χ2n) is 11.2. The van der Waals surface area contributed by atoms with E-state index in [-0.39, 0.29) is 0 Å². The summed E-state index contributed by atoms with van der Waals surface area (Å²) in [7, 11) is 0. The van der Waals surface area contributed by atoms with E-state index in [0.29, 0.717) is 23.3 Å². The third-order valence-electron chi connectivity index (χ3n) is 8.19. The van der Waals surface area contributed by atoms with E-state index in [4.69, 9.17) is 9.47 Å². The molecule has 220 valence electrons. The van der Waals surface area contributed by atoms with Crippen LogP contribution >= 0.6 is 0 Å². The molecule has 2 atom stereocenters. The molecule has 0 heterocycles. The summed E-state index contributed by atoms with van der Waals surface area (Å²) in [4.78, 5) is 12.5. The second kappa shape index (κ2) is 16.0. The second-order valence-corrected chi connectivity index (χ2v) is 11.2. The van der Waals surface area contributed by atoms with E-state index in [1.807, 2.05) is 48.5 Å². The van der Waals surface area contributed by atoms with Crippen molar-refractivity contribution < 1.29 is 14.3 Å². The third-order valence-corrected chi connectivity index (χ3v) is 8.19. The first-order valence-corrected chi connectivity index (χ1v) is 15.8. The predicted octanol–water partition coefficient (Wildman–Crippen LogP) is 11.0. The first kappa shape index (κ1) is 31.1. The van der Waals surface area contributed by atoms with Crippen LogP contribution < -0.4 is 9.47 Å². The molecule has 4 rings (SSSR count). The smallest absolute Gasteiger partial charge is 0.395 e. The van der Waals surface area contributed by atoms with Crippen LogP contribution in [0.1, 0.15) is 111 Å².